The third kappa shape index (κ3) is 3.24. The molecule has 1 amide bonds. The number of hydrogen-bond acceptors (Lipinski definition) is 5. The van der Waals surface area contributed by atoms with Gasteiger partial charge in [-0.1, -0.05) is 35.0 Å². The highest BCUT2D eigenvalue weighted by atomic mass is 35.5. The van der Waals surface area contributed by atoms with Gasteiger partial charge in [0.2, 0.25) is 0 Å². The molecule has 3 aromatic rings. The van der Waals surface area contributed by atoms with Gasteiger partial charge in [-0.15, -0.1) is 0 Å². The van der Waals surface area contributed by atoms with E-state index in [9.17, 15) is 4.79 Å². The zero-order chi connectivity index (χ0) is 19.7. The van der Waals surface area contributed by atoms with Gasteiger partial charge in [-0.05, 0) is 49.6 Å². The SMILES string of the molecule is COc1ccccc1C(=O)N1CCC[C@H]1c1noc(-c2cccc(Cl)c2C)n1. The second kappa shape index (κ2) is 7.64. The highest BCUT2D eigenvalue weighted by Gasteiger charge is 2.35. The Balaban J connectivity index is 1.63. The molecule has 144 valence electrons. The quantitative estimate of drug-likeness (QED) is 0.639. The van der Waals surface area contributed by atoms with Crippen LogP contribution in [0.4, 0.5) is 0 Å². The number of carbonyl (C=O) groups excluding carboxylic acids is 1. The number of methoxy groups -OCH3 is 1. The van der Waals surface area contributed by atoms with Gasteiger partial charge >= 0.3 is 0 Å². The zero-order valence-electron chi connectivity index (χ0n) is 15.7. The van der Waals surface area contributed by atoms with E-state index in [1.54, 1.807) is 24.1 Å². The minimum Gasteiger partial charge on any atom is -0.496 e. The minimum absolute atomic E-state index is 0.0924. The van der Waals surface area contributed by atoms with Crippen molar-refractivity contribution < 1.29 is 14.1 Å². The number of ether oxygens (including phenoxy) is 1. The van der Waals surface area contributed by atoms with E-state index < -0.39 is 0 Å². The Hall–Kier alpha value is -2.86. The highest BCUT2D eigenvalue weighted by molar-refractivity contribution is 6.31. The van der Waals surface area contributed by atoms with Crippen LogP contribution in [0.1, 0.15) is 40.6 Å². The molecule has 4 rings (SSSR count). The summed E-state index contributed by atoms with van der Waals surface area (Å²) in [6, 6.07) is 12.6. The molecule has 2 heterocycles. The fourth-order valence-corrected chi connectivity index (χ4v) is 3.75. The van der Waals surface area contributed by atoms with E-state index in [0.29, 0.717) is 34.6 Å². The number of likely N-dealkylation sites (tertiary alicyclic amines) is 1. The molecule has 28 heavy (non-hydrogen) atoms. The molecule has 6 nitrogen and oxygen atoms in total. The molecule has 0 N–H and O–H groups in total. The molecule has 7 heteroatoms. The van der Waals surface area contributed by atoms with E-state index in [0.717, 1.165) is 24.0 Å². The van der Waals surface area contributed by atoms with Crippen LogP contribution in [0, 0.1) is 6.92 Å². The van der Waals surface area contributed by atoms with E-state index in [2.05, 4.69) is 10.1 Å². The predicted octanol–water partition coefficient (Wildman–Crippen LogP) is 4.68. The lowest BCUT2D eigenvalue weighted by Gasteiger charge is -2.23. The van der Waals surface area contributed by atoms with Crippen molar-refractivity contribution in [3.8, 4) is 17.2 Å². The van der Waals surface area contributed by atoms with Crippen molar-refractivity contribution in [2.75, 3.05) is 13.7 Å². The molecule has 0 radical (unpaired) electrons. The molecule has 1 atom stereocenters. The summed E-state index contributed by atoms with van der Waals surface area (Å²) in [4.78, 5) is 19.5. The molecule has 2 aromatic carbocycles. The normalized spacial score (nSPS) is 16.4. The van der Waals surface area contributed by atoms with Gasteiger partial charge in [-0.3, -0.25) is 4.79 Å². The van der Waals surface area contributed by atoms with Crippen LogP contribution >= 0.6 is 11.6 Å². The zero-order valence-corrected chi connectivity index (χ0v) is 16.4. The fraction of sp³-hybridized carbons (Fsp3) is 0.286. The molecule has 0 unspecified atom stereocenters. The molecule has 1 aliphatic rings. The first-order chi connectivity index (χ1) is 13.6. The van der Waals surface area contributed by atoms with Crippen LogP contribution in [0.3, 0.4) is 0 Å². The summed E-state index contributed by atoms with van der Waals surface area (Å²) in [5, 5.41) is 4.80. The maximum Gasteiger partial charge on any atom is 0.258 e. The summed E-state index contributed by atoms with van der Waals surface area (Å²) in [6.07, 6.45) is 1.67. The number of amides is 1. The lowest BCUT2D eigenvalue weighted by atomic mass is 10.1. The van der Waals surface area contributed by atoms with E-state index >= 15 is 0 Å². The number of rotatable bonds is 4. The first-order valence-electron chi connectivity index (χ1n) is 9.13. The standard InChI is InChI=1S/C21H20ClN3O3/c1-13-14(8-5-9-16(13)22)20-23-19(24-28-20)17-10-6-12-25(17)21(26)15-7-3-4-11-18(15)27-2/h3-5,7-9,11,17H,6,10,12H2,1-2H3/t17-/m0/s1. The number of carbonyl (C=O) groups is 1. The van der Waals surface area contributed by atoms with Gasteiger partial charge in [-0.2, -0.15) is 4.98 Å². The van der Waals surface area contributed by atoms with Crippen molar-refractivity contribution in [1.82, 2.24) is 15.0 Å². The van der Waals surface area contributed by atoms with Gasteiger partial charge in [0.25, 0.3) is 11.8 Å². The van der Waals surface area contributed by atoms with Crippen molar-refractivity contribution >= 4 is 17.5 Å². The van der Waals surface area contributed by atoms with Gasteiger partial charge in [0.05, 0.1) is 18.7 Å². The van der Waals surface area contributed by atoms with Crippen molar-refractivity contribution in [3.05, 3.63) is 64.4 Å². The predicted molar refractivity (Wildman–Crippen MR) is 105 cm³/mol. The Morgan fingerprint density at radius 2 is 2.07 bits per heavy atom. The molecule has 1 aromatic heterocycles. The van der Waals surface area contributed by atoms with Crippen LogP contribution in [-0.4, -0.2) is 34.6 Å². The van der Waals surface area contributed by atoms with Crippen LogP contribution < -0.4 is 4.74 Å². The number of halogens is 1. The average Bonchev–Trinajstić information content (AvgIpc) is 3.38. The Kier molecular flexibility index (Phi) is 5.05. The van der Waals surface area contributed by atoms with Crippen molar-refractivity contribution in [3.63, 3.8) is 0 Å². The first-order valence-corrected chi connectivity index (χ1v) is 9.51. The van der Waals surface area contributed by atoms with Gasteiger partial charge in [-0.25, -0.2) is 0 Å². The third-order valence-electron chi connectivity index (χ3n) is 5.09. The van der Waals surface area contributed by atoms with E-state index in [1.165, 1.54) is 0 Å². The molecule has 1 saturated heterocycles. The molecule has 1 fully saturated rings. The number of benzene rings is 2. The largest absolute Gasteiger partial charge is 0.496 e. The molecule has 0 saturated carbocycles. The summed E-state index contributed by atoms with van der Waals surface area (Å²) in [5.74, 6) is 1.38. The smallest absolute Gasteiger partial charge is 0.258 e. The van der Waals surface area contributed by atoms with Gasteiger partial charge < -0.3 is 14.2 Å². The average molecular weight is 398 g/mol. The lowest BCUT2D eigenvalue weighted by molar-refractivity contribution is 0.0725. The second-order valence-electron chi connectivity index (χ2n) is 6.73. The van der Waals surface area contributed by atoms with Crippen LogP contribution in [0.2, 0.25) is 5.02 Å². The maximum absolute atomic E-state index is 13.1. The molecule has 0 aliphatic carbocycles. The molecular formula is C21H20ClN3O3. The summed E-state index contributed by atoms with van der Waals surface area (Å²) < 4.78 is 10.8. The Morgan fingerprint density at radius 1 is 1.25 bits per heavy atom. The Morgan fingerprint density at radius 3 is 2.89 bits per heavy atom. The van der Waals surface area contributed by atoms with Gasteiger partial charge in [0, 0.05) is 17.1 Å². The van der Waals surface area contributed by atoms with Crippen LogP contribution in [0.15, 0.2) is 47.0 Å². The number of aromatic nitrogens is 2. The molecular weight excluding hydrogens is 378 g/mol. The summed E-state index contributed by atoms with van der Waals surface area (Å²) in [5.41, 5.74) is 2.21. The monoisotopic (exact) mass is 397 g/mol. The van der Waals surface area contributed by atoms with Crippen LogP contribution in [0.25, 0.3) is 11.5 Å². The number of hydrogen-bond donors (Lipinski definition) is 0. The minimum atomic E-state index is -0.227. The second-order valence-corrected chi connectivity index (χ2v) is 7.13. The fourth-order valence-electron chi connectivity index (χ4n) is 3.57. The Labute approximate surface area is 168 Å². The van der Waals surface area contributed by atoms with E-state index in [4.69, 9.17) is 20.9 Å². The maximum atomic E-state index is 13.1. The lowest BCUT2D eigenvalue weighted by Crippen LogP contribution is -2.31. The Bertz CT molecular complexity index is 1020. The van der Waals surface area contributed by atoms with Gasteiger partial charge in [0.1, 0.15) is 5.75 Å². The van der Waals surface area contributed by atoms with Crippen molar-refractivity contribution in [2.24, 2.45) is 0 Å². The van der Waals surface area contributed by atoms with Gasteiger partial charge in [0.15, 0.2) is 5.82 Å². The molecule has 1 aliphatic heterocycles. The topological polar surface area (TPSA) is 68.5 Å². The number of para-hydroxylation sites is 1. The molecule has 0 bridgehead atoms. The summed E-state index contributed by atoms with van der Waals surface area (Å²) in [6.45, 7) is 2.55. The first kappa shape index (κ1) is 18.5. The number of nitrogens with zero attached hydrogens (tertiary/aromatic N) is 3. The van der Waals surface area contributed by atoms with E-state index in [-0.39, 0.29) is 11.9 Å². The molecule has 0 spiro atoms. The summed E-state index contributed by atoms with van der Waals surface area (Å²) in [7, 11) is 1.56. The third-order valence-corrected chi connectivity index (χ3v) is 5.50. The van der Waals surface area contributed by atoms with Crippen LogP contribution in [0.5, 0.6) is 5.75 Å². The van der Waals surface area contributed by atoms with E-state index in [1.807, 2.05) is 37.3 Å². The highest BCUT2D eigenvalue weighted by Crippen LogP contribution is 2.35. The van der Waals surface area contributed by atoms with Crippen molar-refractivity contribution in [1.29, 1.82) is 0 Å². The van der Waals surface area contributed by atoms with Crippen LogP contribution in [-0.2, 0) is 0 Å². The van der Waals surface area contributed by atoms with Crippen molar-refractivity contribution in [2.45, 2.75) is 25.8 Å². The summed E-state index contributed by atoms with van der Waals surface area (Å²) >= 11 is 6.20.